The van der Waals surface area contributed by atoms with E-state index in [1.54, 1.807) is 12.4 Å². The van der Waals surface area contributed by atoms with Crippen molar-refractivity contribution in [2.75, 3.05) is 5.32 Å². The second kappa shape index (κ2) is 13.6. The maximum absolute atomic E-state index is 4.97. The number of hydrogen-bond donors (Lipinski definition) is 1. The molecule has 0 spiro atoms. The molecule has 5 heterocycles. The summed E-state index contributed by atoms with van der Waals surface area (Å²) in [5.41, 5.74) is 17.4. The van der Waals surface area contributed by atoms with Crippen LogP contribution in [0.1, 0.15) is 17.2 Å². The van der Waals surface area contributed by atoms with Crippen LogP contribution in [-0.2, 0) is 0 Å². The van der Waals surface area contributed by atoms with E-state index in [1.807, 2.05) is 36.4 Å². The first-order valence-corrected chi connectivity index (χ1v) is 19.3. The number of rotatable bonds is 6. The zero-order chi connectivity index (χ0) is 37.7. The van der Waals surface area contributed by atoms with Crippen LogP contribution in [0.3, 0.4) is 0 Å². The summed E-state index contributed by atoms with van der Waals surface area (Å²) >= 11 is 0. The number of nitrogens with one attached hydrogen (secondary N) is 1. The van der Waals surface area contributed by atoms with E-state index in [2.05, 4.69) is 172 Å². The molecule has 0 saturated heterocycles. The predicted molar refractivity (Wildman–Crippen MR) is 233 cm³/mol. The summed E-state index contributed by atoms with van der Waals surface area (Å²) in [6.07, 6.45) is 3.61. The van der Waals surface area contributed by atoms with Crippen LogP contribution in [0.25, 0.3) is 83.6 Å². The van der Waals surface area contributed by atoms with Gasteiger partial charge in [-0.2, -0.15) is 0 Å². The first-order chi connectivity index (χ1) is 28.3. The van der Waals surface area contributed by atoms with Crippen molar-refractivity contribution in [3.8, 4) is 61.8 Å². The van der Waals surface area contributed by atoms with Crippen LogP contribution in [0.4, 0.5) is 5.69 Å². The Hall–Kier alpha value is -7.63. The van der Waals surface area contributed by atoms with Crippen molar-refractivity contribution in [3.05, 3.63) is 212 Å². The number of hydrogen-bond acceptors (Lipinski definition) is 4. The Balaban J connectivity index is 1.07. The second-order valence-electron chi connectivity index (χ2n) is 14.5. The van der Waals surface area contributed by atoms with Crippen LogP contribution in [0.5, 0.6) is 0 Å². The lowest BCUT2D eigenvalue weighted by molar-refractivity contribution is 0.941. The van der Waals surface area contributed by atoms with E-state index in [0.29, 0.717) is 0 Å². The number of aromatic nitrogens is 4. The van der Waals surface area contributed by atoms with Crippen LogP contribution in [0.15, 0.2) is 200 Å². The minimum absolute atomic E-state index is 0.00796. The molecule has 0 amide bonds. The number of para-hydroxylation sites is 2. The van der Waals surface area contributed by atoms with E-state index < -0.39 is 0 Å². The van der Waals surface area contributed by atoms with E-state index in [9.17, 15) is 0 Å². The highest BCUT2D eigenvalue weighted by molar-refractivity contribution is 6.14. The zero-order valence-corrected chi connectivity index (χ0v) is 30.9. The largest absolute Gasteiger partial charge is 0.374 e. The van der Waals surface area contributed by atoms with E-state index in [0.717, 1.165) is 56.4 Å². The standard InChI is InChI=1S/C52H35N5/c1-3-13-36(14-4-1)52-51-41(40-17-7-8-18-43(40)56-52)27-28-48-50(51)42-26-25-37(33-49(42)57(48)39-15-5-2-6-16-39)34-21-23-35(24-22-34)38-31-46(44-19-9-11-29-53-44)55-47(32-38)45-20-10-12-30-54-45/h1-33,52,56H. The molecule has 1 atom stereocenters. The van der Waals surface area contributed by atoms with Gasteiger partial charge in [0.25, 0.3) is 0 Å². The third-order valence-electron chi connectivity index (χ3n) is 11.2. The summed E-state index contributed by atoms with van der Waals surface area (Å²) in [6, 6.07) is 66.7. The molecule has 5 nitrogen and oxygen atoms in total. The van der Waals surface area contributed by atoms with E-state index >= 15 is 0 Å². The van der Waals surface area contributed by atoms with Crippen LogP contribution >= 0.6 is 0 Å². The fraction of sp³-hybridized carbons (Fsp3) is 0.0192. The number of benzene rings is 6. The smallest absolute Gasteiger partial charge is 0.0900 e. The number of pyridine rings is 3. The number of nitrogens with zero attached hydrogens (tertiary/aromatic N) is 4. The fourth-order valence-electron chi connectivity index (χ4n) is 8.52. The quantitative estimate of drug-likeness (QED) is 0.185. The Labute approximate surface area is 330 Å². The molecule has 1 aliphatic rings. The predicted octanol–water partition coefficient (Wildman–Crippen LogP) is 12.8. The Kier molecular flexibility index (Phi) is 7.81. The lowest BCUT2D eigenvalue weighted by atomic mass is 9.84. The molecule has 11 rings (SSSR count). The van der Waals surface area contributed by atoms with Gasteiger partial charge in [-0.15, -0.1) is 0 Å². The first-order valence-electron chi connectivity index (χ1n) is 19.3. The minimum Gasteiger partial charge on any atom is -0.374 e. The van der Waals surface area contributed by atoms with Gasteiger partial charge in [-0.05, 0) is 106 Å². The van der Waals surface area contributed by atoms with Gasteiger partial charge < -0.3 is 9.88 Å². The summed E-state index contributed by atoms with van der Waals surface area (Å²) < 4.78 is 2.43. The van der Waals surface area contributed by atoms with Gasteiger partial charge >= 0.3 is 0 Å². The topological polar surface area (TPSA) is 55.6 Å². The maximum atomic E-state index is 4.97. The van der Waals surface area contributed by atoms with Crippen molar-refractivity contribution in [1.82, 2.24) is 19.5 Å². The van der Waals surface area contributed by atoms with Crippen LogP contribution in [0, 0.1) is 0 Å². The van der Waals surface area contributed by atoms with Gasteiger partial charge in [-0.1, -0.05) is 121 Å². The second-order valence-corrected chi connectivity index (χ2v) is 14.5. The summed E-state index contributed by atoms with van der Waals surface area (Å²) in [7, 11) is 0. The van der Waals surface area contributed by atoms with Gasteiger partial charge in [-0.25, -0.2) is 4.98 Å². The molecular weight excluding hydrogens is 695 g/mol. The van der Waals surface area contributed by atoms with Crippen LogP contribution in [-0.4, -0.2) is 19.5 Å². The Morgan fingerprint density at radius 1 is 0.439 bits per heavy atom. The molecule has 1 N–H and O–H groups in total. The van der Waals surface area contributed by atoms with Gasteiger partial charge in [0.05, 0.1) is 39.9 Å². The van der Waals surface area contributed by atoms with Crippen molar-refractivity contribution in [1.29, 1.82) is 0 Å². The monoisotopic (exact) mass is 729 g/mol. The maximum Gasteiger partial charge on any atom is 0.0900 e. The van der Waals surface area contributed by atoms with Gasteiger partial charge in [0.15, 0.2) is 0 Å². The lowest BCUT2D eigenvalue weighted by Crippen LogP contribution is -2.18. The number of fused-ring (bicyclic) bond motifs is 7. The normalized spacial score (nSPS) is 13.2. The third-order valence-corrected chi connectivity index (χ3v) is 11.2. The average Bonchev–Trinajstić information content (AvgIpc) is 3.63. The number of anilines is 1. The molecule has 5 heteroatoms. The average molecular weight is 730 g/mol. The van der Waals surface area contributed by atoms with Crippen molar-refractivity contribution in [3.63, 3.8) is 0 Å². The van der Waals surface area contributed by atoms with E-state index in [4.69, 9.17) is 4.98 Å². The minimum atomic E-state index is -0.00796. The molecule has 0 aliphatic carbocycles. The van der Waals surface area contributed by atoms with Gasteiger partial charge in [-0.3, -0.25) is 9.97 Å². The summed E-state index contributed by atoms with van der Waals surface area (Å²) in [6.45, 7) is 0. The highest BCUT2D eigenvalue weighted by Gasteiger charge is 2.30. The van der Waals surface area contributed by atoms with E-state index in [-0.39, 0.29) is 6.04 Å². The Morgan fingerprint density at radius 3 is 1.74 bits per heavy atom. The highest BCUT2D eigenvalue weighted by atomic mass is 15.0. The van der Waals surface area contributed by atoms with Crippen LogP contribution < -0.4 is 5.32 Å². The molecule has 1 aliphatic heterocycles. The van der Waals surface area contributed by atoms with Crippen molar-refractivity contribution in [2.45, 2.75) is 6.04 Å². The molecule has 0 saturated carbocycles. The molecule has 10 aromatic rings. The molecule has 1 unspecified atom stereocenters. The van der Waals surface area contributed by atoms with Crippen LogP contribution in [0.2, 0.25) is 0 Å². The van der Waals surface area contributed by atoms with Gasteiger partial charge in [0.1, 0.15) is 0 Å². The third kappa shape index (κ3) is 5.68. The SMILES string of the molecule is c1ccc(C2Nc3ccccc3-c3ccc4c(c32)c2ccc(-c3ccc(-c5cc(-c6ccccn6)nc(-c6ccccn6)c5)cc3)cc2n4-c2ccccc2)cc1. The molecule has 6 aromatic carbocycles. The summed E-state index contributed by atoms with van der Waals surface area (Å²) in [4.78, 5) is 14.2. The van der Waals surface area contributed by atoms with Gasteiger partial charge in [0.2, 0.25) is 0 Å². The molecule has 0 fully saturated rings. The molecule has 57 heavy (non-hydrogen) atoms. The summed E-state index contributed by atoms with van der Waals surface area (Å²) in [5.74, 6) is 0. The van der Waals surface area contributed by atoms with E-state index in [1.165, 1.54) is 44.1 Å². The highest BCUT2D eigenvalue weighted by Crippen LogP contribution is 2.49. The summed E-state index contributed by atoms with van der Waals surface area (Å²) in [5, 5.41) is 6.44. The fourth-order valence-corrected chi connectivity index (χ4v) is 8.52. The molecular formula is C52H35N5. The molecule has 268 valence electrons. The van der Waals surface area contributed by atoms with Gasteiger partial charge in [0, 0.05) is 40.1 Å². The molecule has 0 bridgehead atoms. The van der Waals surface area contributed by atoms with Crippen molar-refractivity contribution < 1.29 is 0 Å². The lowest BCUT2D eigenvalue weighted by Gasteiger charge is -2.31. The van der Waals surface area contributed by atoms with Crippen molar-refractivity contribution >= 4 is 27.5 Å². The molecule has 4 aromatic heterocycles. The zero-order valence-electron chi connectivity index (χ0n) is 30.9. The Bertz CT molecular complexity index is 3010. The molecule has 0 radical (unpaired) electrons. The Morgan fingerprint density at radius 2 is 1.05 bits per heavy atom. The van der Waals surface area contributed by atoms with Crippen molar-refractivity contribution in [2.24, 2.45) is 0 Å². The first kappa shape index (κ1) is 32.8.